The van der Waals surface area contributed by atoms with Crippen LogP contribution >= 0.6 is 0 Å². The van der Waals surface area contributed by atoms with Crippen LogP contribution in [0.2, 0.25) is 0 Å². The van der Waals surface area contributed by atoms with Gasteiger partial charge in [-0.05, 0) is 19.9 Å². The Morgan fingerprint density at radius 2 is 1.85 bits per heavy atom. The summed E-state index contributed by atoms with van der Waals surface area (Å²) in [6.45, 7) is 2.67. The lowest BCUT2D eigenvalue weighted by Crippen LogP contribution is -2.31. The van der Waals surface area contributed by atoms with Crippen LogP contribution in [-0.4, -0.2) is 5.67 Å². The molecule has 2 N–H and O–H groups in total. The van der Waals surface area contributed by atoms with Gasteiger partial charge in [0.15, 0.2) is 0 Å². The molecule has 13 heavy (non-hydrogen) atoms. The van der Waals surface area contributed by atoms with E-state index in [1.807, 2.05) is 0 Å². The quantitative estimate of drug-likeness (QED) is 0.752. The van der Waals surface area contributed by atoms with Gasteiger partial charge < -0.3 is 5.73 Å². The third-order valence-electron chi connectivity index (χ3n) is 1.98. The number of benzene rings is 1. The first kappa shape index (κ1) is 10.1. The van der Waals surface area contributed by atoms with Gasteiger partial charge in [0.05, 0.1) is 6.04 Å². The lowest BCUT2D eigenvalue weighted by atomic mass is 9.94. The van der Waals surface area contributed by atoms with E-state index < -0.39 is 17.5 Å². The van der Waals surface area contributed by atoms with Gasteiger partial charge in [0, 0.05) is 5.56 Å². The first-order chi connectivity index (χ1) is 5.93. The van der Waals surface area contributed by atoms with E-state index in [4.69, 9.17) is 5.73 Å². The van der Waals surface area contributed by atoms with Gasteiger partial charge in [-0.1, -0.05) is 18.2 Å². The van der Waals surface area contributed by atoms with Crippen molar-refractivity contribution in [1.29, 1.82) is 0 Å². The van der Waals surface area contributed by atoms with E-state index in [0.29, 0.717) is 0 Å². The molecule has 0 aliphatic carbocycles. The molecular weight excluding hydrogens is 172 g/mol. The zero-order valence-electron chi connectivity index (χ0n) is 7.72. The third-order valence-corrected chi connectivity index (χ3v) is 1.98. The van der Waals surface area contributed by atoms with Crippen LogP contribution in [0.1, 0.15) is 25.5 Å². The van der Waals surface area contributed by atoms with E-state index in [-0.39, 0.29) is 5.56 Å². The standard InChI is InChI=1S/C10H13F2N/c1-10(2,12)9(13)7-5-3-4-6-8(7)11/h3-6,9H,13H2,1-2H3. The highest BCUT2D eigenvalue weighted by molar-refractivity contribution is 5.23. The van der Waals surface area contributed by atoms with Crippen LogP contribution in [0.25, 0.3) is 0 Å². The predicted molar refractivity (Wildman–Crippen MR) is 48.5 cm³/mol. The van der Waals surface area contributed by atoms with Crippen molar-refractivity contribution in [2.45, 2.75) is 25.6 Å². The molecule has 0 spiro atoms. The maximum Gasteiger partial charge on any atom is 0.128 e. The highest BCUT2D eigenvalue weighted by Gasteiger charge is 2.28. The summed E-state index contributed by atoms with van der Waals surface area (Å²) in [5.74, 6) is -0.458. The molecule has 72 valence electrons. The number of alkyl halides is 1. The van der Waals surface area contributed by atoms with Crippen molar-refractivity contribution in [3.63, 3.8) is 0 Å². The molecule has 0 saturated carbocycles. The first-order valence-electron chi connectivity index (χ1n) is 4.12. The van der Waals surface area contributed by atoms with Gasteiger partial charge in [0.1, 0.15) is 11.5 Å². The molecule has 0 radical (unpaired) electrons. The van der Waals surface area contributed by atoms with Crippen molar-refractivity contribution < 1.29 is 8.78 Å². The minimum atomic E-state index is -1.61. The molecule has 3 heteroatoms. The zero-order valence-corrected chi connectivity index (χ0v) is 7.72. The molecular formula is C10H13F2N. The molecule has 1 nitrogen and oxygen atoms in total. The van der Waals surface area contributed by atoms with Gasteiger partial charge in [-0.2, -0.15) is 0 Å². The smallest absolute Gasteiger partial charge is 0.128 e. The Kier molecular flexibility index (Phi) is 2.66. The Labute approximate surface area is 76.6 Å². The molecule has 0 fully saturated rings. The van der Waals surface area contributed by atoms with E-state index in [1.54, 1.807) is 12.1 Å². The highest BCUT2D eigenvalue weighted by atomic mass is 19.1. The molecule has 0 amide bonds. The van der Waals surface area contributed by atoms with Crippen LogP contribution in [0.3, 0.4) is 0 Å². The highest BCUT2D eigenvalue weighted by Crippen LogP contribution is 2.27. The minimum Gasteiger partial charge on any atom is -0.321 e. The van der Waals surface area contributed by atoms with Crippen LogP contribution in [0.4, 0.5) is 8.78 Å². The zero-order chi connectivity index (χ0) is 10.1. The van der Waals surface area contributed by atoms with Gasteiger partial charge >= 0.3 is 0 Å². The monoisotopic (exact) mass is 185 g/mol. The van der Waals surface area contributed by atoms with Crippen molar-refractivity contribution in [3.8, 4) is 0 Å². The normalized spacial score (nSPS) is 14.2. The summed E-state index contributed by atoms with van der Waals surface area (Å²) < 4.78 is 26.5. The van der Waals surface area contributed by atoms with Gasteiger partial charge in [-0.3, -0.25) is 0 Å². The van der Waals surface area contributed by atoms with Crippen molar-refractivity contribution >= 4 is 0 Å². The molecule has 0 saturated heterocycles. The lowest BCUT2D eigenvalue weighted by Gasteiger charge is -2.23. The van der Waals surface area contributed by atoms with E-state index >= 15 is 0 Å². The SMILES string of the molecule is CC(C)(F)C(N)c1ccccc1F. The molecule has 1 rings (SSSR count). The summed E-state index contributed by atoms with van der Waals surface area (Å²) in [7, 11) is 0. The van der Waals surface area contributed by atoms with Crippen LogP contribution in [0.5, 0.6) is 0 Å². The molecule has 0 bridgehead atoms. The summed E-state index contributed by atoms with van der Waals surface area (Å²) in [6, 6.07) is 5.05. The van der Waals surface area contributed by atoms with E-state index in [1.165, 1.54) is 26.0 Å². The van der Waals surface area contributed by atoms with Crippen LogP contribution in [0.15, 0.2) is 24.3 Å². The molecule has 1 atom stereocenters. The maximum atomic E-state index is 13.4. The molecule has 1 aromatic carbocycles. The molecule has 0 aliphatic rings. The van der Waals surface area contributed by atoms with Crippen molar-refractivity contribution in [2.24, 2.45) is 5.73 Å². The topological polar surface area (TPSA) is 26.0 Å². The van der Waals surface area contributed by atoms with E-state index in [2.05, 4.69) is 0 Å². The average molecular weight is 185 g/mol. The summed E-state index contributed by atoms with van der Waals surface area (Å²) in [6.07, 6.45) is 0. The van der Waals surface area contributed by atoms with Gasteiger partial charge in [0.25, 0.3) is 0 Å². The molecule has 1 aromatic rings. The second kappa shape index (κ2) is 3.42. The predicted octanol–water partition coefficient (Wildman–Crippen LogP) is 2.57. The van der Waals surface area contributed by atoms with E-state index in [9.17, 15) is 8.78 Å². The summed E-state index contributed by atoms with van der Waals surface area (Å²) in [5.41, 5.74) is 4.17. The Hall–Kier alpha value is -0.960. The van der Waals surface area contributed by atoms with Crippen LogP contribution in [0, 0.1) is 5.82 Å². The van der Waals surface area contributed by atoms with E-state index in [0.717, 1.165) is 0 Å². The van der Waals surface area contributed by atoms with Crippen LogP contribution in [-0.2, 0) is 0 Å². The first-order valence-corrected chi connectivity index (χ1v) is 4.12. The second-order valence-corrected chi connectivity index (χ2v) is 3.56. The number of rotatable bonds is 2. The third kappa shape index (κ3) is 2.25. The van der Waals surface area contributed by atoms with Gasteiger partial charge in [-0.25, -0.2) is 8.78 Å². The fourth-order valence-corrected chi connectivity index (χ4v) is 1.10. The Morgan fingerprint density at radius 1 is 1.31 bits per heavy atom. The number of nitrogens with two attached hydrogens (primary N) is 1. The number of hydrogen-bond acceptors (Lipinski definition) is 1. The fraction of sp³-hybridized carbons (Fsp3) is 0.400. The Morgan fingerprint density at radius 3 is 2.31 bits per heavy atom. The Balaban J connectivity index is 3.02. The maximum absolute atomic E-state index is 13.4. The van der Waals surface area contributed by atoms with Gasteiger partial charge in [0.2, 0.25) is 0 Å². The van der Waals surface area contributed by atoms with Crippen molar-refractivity contribution in [1.82, 2.24) is 0 Å². The lowest BCUT2D eigenvalue weighted by molar-refractivity contribution is 0.171. The minimum absolute atomic E-state index is 0.218. The van der Waals surface area contributed by atoms with Crippen molar-refractivity contribution in [2.75, 3.05) is 0 Å². The largest absolute Gasteiger partial charge is 0.321 e. The van der Waals surface area contributed by atoms with Gasteiger partial charge in [-0.15, -0.1) is 0 Å². The summed E-state index contributed by atoms with van der Waals surface area (Å²) >= 11 is 0. The molecule has 0 heterocycles. The number of hydrogen-bond donors (Lipinski definition) is 1. The average Bonchev–Trinajstić information content (AvgIpc) is 2.02. The second-order valence-electron chi connectivity index (χ2n) is 3.56. The summed E-state index contributed by atoms with van der Waals surface area (Å²) in [5, 5.41) is 0. The van der Waals surface area contributed by atoms with Crippen LogP contribution < -0.4 is 5.73 Å². The number of halogens is 2. The summed E-state index contributed by atoms with van der Waals surface area (Å²) in [4.78, 5) is 0. The molecule has 1 unspecified atom stereocenters. The Bertz CT molecular complexity index is 291. The fourth-order valence-electron chi connectivity index (χ4n) is 1.10. The molecule has 0 aromatic heterocycles. The molecule has 0 aliphatic heterocycles. The van der Waals surface area contributed by atoms with Crippen molar-refractivity contribution in [3.05, 3.63) is 35.6 Å².